The summed E-state index contributed by atoms with van der Waals surface area (Å²) in [5.74, 6) is 0.837. The van der Waals surface area contributed by atoms with E-state index in [4.69, 9.17) is 0 Å². The fourth-order valence-corrected chi connectivity index (χ4v) is 1.74. The topological polar surface area (TPSA) is 41.1 Å². The number of allylic oxidation sites excluding steroid dienone is 1. The van der Waals surface area contributed by atoms with Crippen LogP contribution in [0.3, 0.4) is 0 Å². The maximum atomic E-state index is 11.6. The van der Waals surface area contributed by atoms with Crippen LogP contribution in [-0.4, -0.2) is 25.5 Å². The fraction of sp³-hybridized carbons (Fsp3) is 0.727. The van der Waals surface area contributed by atoms with E-state index in [2.05, 4.69) is 23.6 Å². The Hall–Kier alpha value is -0.830. The third kappa shape index (κ3) is 3.14. The Morgan fingerprint density at radius 1 is 1.57 bits per heavy atom. The minimum atomic E-state index is 0.167. The molecule has 0 aromatic heterocycles. The lowest BCUT2D eigenvalue weighted by atomic mass is 9.97. The van der Waals surface area contributed by atoms with Gasteiger partial charge in [-0.25, -0.2) is 0 Å². The van der Waals surface area contributed by atoms with Crippen LogP contribution >= 0.6 is 0 Å². The van der Waals surface area contributed by atoms with Crippen LogP contribution in [0.5, 0.6) is 0 Å². The van der Waals surface area contributed by atoms with Crippen molar-refractivity contribution in [3.63, 3.8) is 0 Å². The number of carbonyl (C=O) groups excluding carboxylic acids is 1. The molecule has 1 aliphatic rings. The summed E-state index contributed by atoms with van der Waals surface area (Å²) in [6.07, 6.45) is 5.00. The third-order valence-electron chi connectivity index (χ3n) is 2.70. The average molecular weight is 196 g/mol. The van der Waals surface area contributed by atoms with Gasteiger partial charge in [-0.3, -0.25) is 4.79 Å². The standard InChI is InChI=1S/C11H20N2O/c1-3-4-5-6-13-11(14)10-8-12-7-9(10)2/h3-4,9-10,12H,5-8H2,1-2H3,(H,13,14)/b4-3+/t9-,10-/m1/s1. The van der Waals surface area contributed by atoms with E-state index in [1.807, 2.05) is 13.0 Å². The Balaban J connectivity index is 2.20. The second kappa shape index (κ2) is 5.81. The predicted octanol–water partition coefficient (Wildman–Crippen LogP) is 0.924. The van der Waals surface area contributed by atoms with Crippen molar-refractivity contribution in [1.29, 1.82) is 0 Å². The van der Waals surface area contributed by atoms with E-state index in [1.54, 1.807) is 0 Å². The summed E-state index contributed by atoms with van der Waals surface area (Å²) >= 11 is 0. The molecular weight excluding hydrogens is 176 g/mol. The van der Waals surface area contributed by atoms with Crippen molar-refractivity contribution in [2.75, 3.05) is 19.6 Å². The molecule has 0 aliphatic carbocycles. The van der Waals surface area contributed by atoms with E-state index >= 15 is 0 Å². The molecule has 2 atom stereocenters. The van der Waals surface area contributed by atoms with Crippen molar-refractivity contribution in [2.45, 2.75) is 20.3 Å². The smallest absolute Gasteiger partial charge is 0.224 e. The molecule has 0 aromatic carbocycles. The zero-order chi connectivity index (χ0) is 10.4. The molecule has 14 heavy (non-hydrogen) atoms. The van der Waals surface area contributed by atoms with Crippen LogP contribution in [-0.2, 0) is 4.79 Å². The van der Waals surface area contributed by atoms with E-state index in [1.165, 1.54) is 0 Å². The molecule has 2 N–H and O–H groups in total. The van der Waals surface area contributed by atoms with E-state index in [-0.39, 0.29) is 11.8 Å². The van der Waals surface area contributed by atoms with E-state index < -0.39 is 0 Å². The summed E-state index contributed by atoms with van der Waals surface area (Å²) < 4.78 is 0. The largest absolute Gasteiger partial charge is 0.356 e. The summed E-state index contributed by atoms with van der Waals surface area (Å²) in [5, 5.41) is 6.19. The number of amides is 1. The van der Waals surface area contributed by atoms with Gasteiger partial charge < -0.3 is 10.6 Å². The first kappa shape index (κ1) is 11.2. The Bertz CT molecular complexity index is 213. The zero-order valence-electron chi connectivity index (χ0n) is 9.05. The molecule has 1 saturated heterocycles. The lowest BCUT2D eigenvalue weighted by molar-refractivity contribution is -0.125. The van der Waals surface area contributed by atoms with Crippen molar-refractivity contribution in [1.82, 2.24) is 10.6 Å². The van der Waals surface area contributed by atoms with Crippen molar-refractivity contribution in [3.05, 3.63) is 12.2 Å². The predicted molar refractivity (Wildman–Crippen MR) is 58.0 cm³/mol. The molecule has 3 heteroatoms. The molecule has 1 aliphatic heterocycles. The van der Waals surface area contributed by atoms with Crippen LogP contribution in [0.1, 0.15) is 20.3 Å². The highest BCUT2D eigenvalue weighted by molar-refractivity contribution is 5.79. The van der Waals surface area contributed by atoms with Crippen LogP contribution in [0.4, 0.5) is 0 Å². The van der Waals surface area contributed by atoms with Gasteiger partial charge in [0, 0.05) is 13.1 Å². The lowest BCUT2D eigenvalue weighted by Crippen LogP contribution is -2.34. The van der Waals surface area contributed by atoms with E-state index in [9.17, 15) is 4.79 Å². The summed E-state index contributed by atoms with van der Waals surface area (Å²) in [4.78, 5) is 11.6. The van der Waals surface area contributed by atoms with Gasteiger partial charge in [-0.05, 0) is 25.8 Å². The average Bonchev–Trinajstić information content (AvgIpc) is 2.59. The van der Waals surface area contributed by atoms with E-state index in [0.29, 0.717) is 5.92 Å². The van der Waals surface area contributed by atoms with E-state index in [0.717, 1.165) is 26.1 Å². The number of nitrogens with one attached hydrogen (secondary N) is 2. The normalized spacial score (nSPS) is 27.0. The van der Waals surface area contributed by atoms with Crippen LogP contribution < -0.4 is 10.6 Å². The van der Waals surface area contributed by atoms with Crippen LogP contribution in [0.2, 0.25) is 0 Å². The highest BCUT2D eigenvalue weighted by Crippen LogP contribution is 2.15. The molecule has 0 radical (unpaired) electrons. The summed E-state index contributed by atoms with van der Waals surface area (Å²) in [6.45, 7) is 6.66. The second-order valence-electron chi connectivity index (χ2n) is 3.89. The van der Waals surface area contributed by atoms with Crippen molar-refractivity contribution >= 4 is 5.91 Å². The first-order valence-electron chi connectivity index (χ1n) is 5.35. The molecule has 0 bridgehead atoms. The van der Waals surface area contributed by atoms with Crippen molar-refractivity contribution in [3.8, 4) is 0 Å². The van der Waals surface area contributed by atoms with Gasteiger partial charge in [0.05, 0.1) is 5.92 Å². The fourth-order valence-electron chi connectivity index (χ4n) is 1.74. The van der Waals surface area contributed by atoms with Crippen LogP contribution in [0.25, 0.3) is 0 Å². The molecule has 1 heterocycles. The van der Waals surface area contributed by atoms with Crippen LogP contribution in [0, 0.1) is 11.8 Å². The molecular formula is C11H20N2O. The van der Waals surface area contributed by atoms with Gasteiger partial charge in [0.2, 0.25) is 5.91 Å². The highest BCUT2D eigenvalue weighted by atomic mass is 16.1. The Morgan fingerprint density at radius 2 is 2.36 bits per heavy atom. The molecule has 1 fully saturated rings. The monoisotopic (exact) mass is 196 g/mol. The SMILES string of the molecule is C/C=C/CCNC(=O)[C@@H]1CNC[C@H]1C. The minimum Gasteiger partial charge on any atom is -0.356 e. The molecule has 0 unspecified atom stereocenters. The van der Waals surface area contributed by atoms with Crippen molar-refractivity contribution in [2.24, 2.45) is 11.8 Å². The maximum Gasteiger partial charge on any atom is 0.224 e. The van der Waals surface area contributed by atoms with Crippen LogP contribution in [0.15, 0.2) is 12.2 Å². The number of carbonyl (C=O) groups is 1. The van der Waals surface area contributed by atoms with Gasteiger partial charge in [-0.15, -0.1) is 0 Å². The summed E-state index contributed by atoms with van der Waals surface area (Å²) in [5.41, 5.74) is 0. The summed E-state index contributed by atoms with van der Waals surface area (Å²) in [6, 6.07) is 0. The van der Waals surface area contributed by atoms with Gasteiger partial charge >= 0.3 is 0 Å². The molecule has 0 spiro atoms. The molecule has 0 aromatic rings. The van der Waals surface area contributed by atoms with Gasteiger partial charge in [-0.1, -0.05) is 19.1 Å². The molecule has 0 saturated carbocycles. The molecule has 1 amide bonds. The van der Waals surface area contributed by atoms with Gasteiger partial charge in [-0.2, -0.15) is 0 Å². The van der Waals surface area contributed by atoms with Gasteiger partial charge in [0.15, 0.2) is 0 Å². The molecule has 1 rings (SSSR count). The van der Waals surface area contributed by atoms with Gasteiger partial charge in [0.1, 0.15) is 0 Å². The Kier molecular flexibility index (Phi) is 4.66. The number of rotatable bonds is 4. The minimum absolute atomic E-state index is 0.167. The highest BCUT2D eigenvalue weighted by Gasteiger charge is 2.28. The zero-order valence-corrected chi connectivity index (χ0v) is 9.05. The molecule has 3 nitrogen and oxygen atoms in total. The lowest BCUT2D eigenvalue weighted by Gasteiger charge is -2.13. The quantitative estimate of drug-likeness (QED) is 0.518. The van der Waals surface area contributed by atoms with Gasteiger partial charge in [0.25, 0.3) is 0 Å². The second-order valence-corrected chi connectivity index (χ2v) is 3.89. The maximum absolute atomic E-state index is 11.6. The molecule has 80 valence electrons. The number of hydrogen-bond donors (Lipinski definition) is 2. The first-order chi connectivity index (χ1) is 6.75. The number of hydrogen-bond acceptors (Lipinski definition) is 2. The Labute approximate surface area is 86.0 Å². The third-order valence-corrected chi connectivity index (χ3v) is 2.70. The summed E-state index contributed by atoms with van der Waals surface area (Å²) in [7, 11) is 0. The first-order valence-corrected chi connectivity index (χ1v) is 5.35. The Morgan fingerprint density at radius 3 is 2.93 bits per heavy atom. The van der Waals surface area contributed by atoms with Crippen molar-refractivity contribution < 1.29 is 4.79 Å².